The normalized spacial score (nSPS) is 25.1. The van der Waals surface area contributed by atoms with E-state index in [1.165, 1.54) is 5.69 Å². The molecule has 2 heterocycles. The number of hydrogen-bond acceptors (Lipinski definition) is 1. The van der Waals surface area contributed by atoms with E-state index in [1.807, 2.05) is 16.9 Å². The van der Waals surface area contributed by atoms with Gasteiger partial charge in [0, 0.05) is 24.0 Å². The second kappa shape index (κ2) is 3.19. The van der Waals surface area contributed by atoms with E-state index < -0.39 is 0 Å². The zero-order valence-electron chi connectivity index (χ0n) is 9.07. The van der Waals surface area contributed by atoms with Gasteiger partial charge in [0.05, 0.1) is 6.21 Å². The van der Waals surface area contributed by atoms with Crippen LogP contribution in [0.4, 0.5) is 0 Å². The van der Waals surface area contributed by atoms with E-state index in [9.17, 15) is 0 Å². The maximum atomic E-state index is 4.46. The van der Waals surface area contributed by atoms with Crippen molar-refractivity contribution in [2.75, 3.05) is 0 Å². The molecule has 0 saturated heterocycles. The molecule has 1 aromatic rings. The molecule has 0 N–H and O–H groups in total. The first kappa shape index (κ1) is 9.38. The van der Waals surface area contributed by atoms with Crippen molar-refractivity contribution in [2.45, 2.75) is 27.2 Å². The van der Waals surface area contributed by atoms with Gasteiger partial charge in [0.2, 0.25) is 11.9 Å². The Morgan fingerprint density at radius 1 is 1.43 bits per heavy atom. The lowest BCUT2D eigenvalue weighted by Crippen LogP contribution is -2.44. The smallest absolute Gasteiger partial charge is 0.0619 e. The summed E-state index contributed by atoms with van der Waals surface area (Å²) in [5.74, 6) is 0.625. The molecule has 1 unspecified atom stereocenters. The van der Waals surface area contributed by atoms with Crippen LogP contribution in [0.15, 0.2) is 29.5 Å². The molecule has 74 valence electrons. The largest absolute Gasteiger partial charge is 0.215 e. The number of aromatic nitrogens is 1. The Morgan fingerprint density at radius 3 is 2.93 bits per heavy atom. The zero-order valence-corrected chi connectivity index (χ0v) is 9.07. The van der Waals surface area contributed by atoms with Gasteiger partial charge in [-0.15, -0.1) is 0 Å². The fourth-order valence-electron chi connectivity index (χ4n) is 1.71. The van der Waals surface area contributed by atoms with Crippen molar-refractivity contribution in [3.63, 3.8) is 0 Å². The van der Waals surface area contributed by atoms with Crippen LogP contribution in [-0.4, -0.2) is 6.21 Å². The van der Waals surface area contributed by atoms with Crippen LogP contribution in [0.3, 0.4) is 0 Å². The Kier molecular flexibility index (Phi) is 2.14. The molecule has 14 heavy (non-hydrogen) atoms. The summed E-state index contributed by atoms with van der Waals surface area (Å²) in [6, 6.07) is 6.24. The number of pyridine rings is 1. The van der Waals surface area contributed by atoms with E-state index in [4.69, 9.17) is 0 Å². The minimum absolute atomic E-state index is 0.210. The number of hydrogen-bond donors (Lipinski definition) is 0. The minimum atomic E-state index is 0.210. The first-order valence-electron chi connectivity index (χ1n) is 5.17. The van der Waals surface area contributed by atoms with Gasteiger partial charge in [-0.3, -0.25) is 0 Å². The number of rotatable bonds is 1. The average molecular weight is 189 g/mol. The molecule has 1 aliphatic rings. The molecule has 0 fully saturated rings. The third-order valence-electron chi connectivity index (χ3n) is 3.28. The van der Waals surface area contributed by atoms with E-state index >= 15 is 0 Å². The Balaban J connectivity index is 2.38. The highest BCUT2D eigenvalue weighted by molar-refractivity contribution is 5.65. The van der Waals surface area contributed by atoms with Gasteiger partial charge in [0.15, 0.2) is 0 Å². The summed E-state index contributed by atoms with van der Waals surface area (Å²) in [6.07, 6.45) is 5.17. The minimum Gasteiger partial charge on any atom is -0.0619 e. The maximum absolute atomic E-state index is 4.46. The average Bonchev–Trinajstić information content (AvgIpc) is 2.17. The molecular weight excluding hydrogens is 172 g/mol. The van der Waals surface area contributed by atoms with Crippen LogP contribution < -0.4 is 4.68 Å². The summed E-state index contributed by atoms with van der Waals surface area (Å²) >= 11 is 0. The van der Waals surface area contributed by atoms with E-state index in [2.05, 4.69) is 44.2 Å². The maximum Gasteiger partial charge on any atom is 0.215 e. The lowest BCUT2D eigenvalue weighted by Gasteiger charge is -2.29. The SMILES string of the molecule is CC(C)C1(C)C=N[n+]2ccccc2C1. The molecule has 2 nitrogen and oxygen atoms in total. The highest BCUT2D eigenvalue weighted by Crippen LogP contribution is 2.29. The molecule has 0 radical (unpaired) electrons. The summed E-state index contributed by atoms with van der Waals surface area (Å²) < 4.78 is 1.96. The summed E-state index contributed by atoms with van der Waals surface area (Å²) in [5.41, 5.74) is 1.51. The van der Waals surface area contributed by atoms with Gasteiger partial charge in [-0.05, 0) is 17.1 Å². The molecule has 2 rings (SSSR count). The first-order valence-corrected chi connectivity index (χ1v) is 5.17. The van der Waals surface area contributed by atoms with Crippen molar-refractivity contribution in [1.82, 2.24) is 0 Å². The van der Waals surface area contributed by atoms with Gasteiger partial charge in [-0.25, -0.2) is 0 Å². The third-order valence-corrected chi connectivity index (χ3v) is 3.28. The van der Waals surface area contributed by atoms with Crippen molar-refractivity contribution in [3.8, 4) is 0 Å². The molecule has 0 aliphatic carbocycles. The topological polar surface area (TPSA) is 16.2 Å². The van der Waals surface area contributed by atoms with Gasteiger partial charge in [-0.1, -0.05) is 25.4 Å². The van der Waals surface area contributed by atoms with Crippen LogP contribution in [0, 0.1) is 11.3 Å². The summed E-state index contributed by atoms with van der Waals surface area (Å²) in [7, 11) is 0. The molecule has 0 aromatic carbocycles. The highest BCUT2D eigenvalue weighted by atomic mass is 15.3. The predicted molar refractivity (Wildman–Crippen MR) is 57.2 cm³/mol. The van der Waals surface area contributed by atoms with Crippen molar-refractivity contribution in [1.29, 1.82) is 0 Å². The summed E-state index contributed by atoms with van der Waals surface area (Å²) in [4.78, 5) is 0. The molecule has 2 heteroatoms. The Morgan fingerprint density at radius 2 is 2.21 bits per heavy atom. The molecule has 0 amide bonds. The Hall–Kier alpha value is -1.18. The zero-order chi connectivity index (χ0) is 10.2. The molecule has 1 aromatic heterocycles. The van der Waals surface area contributed by atoms with Gasteiger partial charge < -0.3 is 0 Å². The monoisotopic (exact) mass is 189 g/mol. The van der Waals surface area contributed by atoms with Crippen molar-refractivity contribution < 1.29 is 4.68 Å². The molecule has 1 aliphatic heterocycles. The molecule has 0 spiro atoms. The van der Waals surface area contributed by atoms with E-state index in [0.717, 1.165) is 6.42 Å². The van der Waals surface area contributed by atoms with Crippen molar-refractivity contribution >= 4 is 6.21 Å². The second-order valence-electron chi connectivity index (χ2n) is 4.62. The van der Waals surface area contributed by atoms with Crippen LogP contribution in [0.2, 0.25) is 0 Å². The molecule has 0 saturated carbocycles. The third kappa shape index (κ3) is 1.45. The lowest BCUT2D eigenvalue weighted by atomic mass is 9.76. The van der Waals surface area contributed by atoms with Gasteiger partial charge >= 0.3 is 0 Å². The number of nitrogens with zero attached hydrogens (tertiary/aromatic N) is 2. The summed E-state index contributed by atoms with van der Waals surface area (Å²) in [5, 5.41) is 4.46. The van der Waals surface area contributed by atoms with Crippen LogP contribution in [0.1, 0.15) is 26.5 Å². The first-order chi connectivity index (χ1) is 6.62. The molecule has 1 atom stereocenters. The fraction of sp³-hybridized carbons (Fsp3) is 0.500. The quantitative estimate of drug-likeness (QED) is 0.601. The number of fused-ring (bicyclic) bond motifs is 1. The van der Waals surface area contributed by atoms with E-state index in [0.29, 0.717) is 5.92 Å². The second-order valence-corrected chi connectivity index (χ2v) is 4.62. The van der Waals surface area contributed by atoms with Gasteiger partial charge in [-0.2, -0.15) is 0 Å². The lowest BCUT2D eigenvalue weighted by molar-refractivity contribution is -0.689. The highest BCUT2D eigenvalue weighted by Gasteiger charge is 2.34. The Labute approximate surface area is 85.3 Å². The Bertz CT molecular complexity index is 368. The van der Waals surface area contributed by atoms with E-state index in [1.54, 1.807) is 0 Å². The van der Waals surface area contributed by atoms with Crippen molar-refractivity contribution in [2.24, 2.45) is 16.4 Å². The standard InChI is InChI=1S/C12H17N2/c1-10(2)12(3)8-11-6-4-5-7-14(11)13-9-12/h4-7,9-10H,8H2,1-3H3/q+1. The van der Waals surface area contributed by atoms with Crippen molar-refractivity contribution in [3.05, 3.63) is 30.1 Å². The van der Waals surface area contributed by atoms with Crippen LogP contribution in [0.25, 0.3) is 0 Å². The van der Waals surface area contributed by atoms with Gasteiger partial charge in [0.1, 0.15) is 0 Å². The van der Waals surface area contributed by atoms with Crippen LogP contribution >= 0.6 is 0 Å². The van der Waals surface area contributed by atoms with Crippen LogP contribution in [-0.2, 0) is 6.42 Å². The van der Waals surface area contributed by atoms with Crippen LogP contribution in [0.5, 0.6) is 0 Å². The fourth-order valence-corrected chi connectivity index (χ4v) is 1.71. The summed E-state index contributed by atoms with van der Waals surface area (Å²) in [6.45, 7) is 6.78. The molecular formula is C12H17N2+. The molecule has 0 bridgehead atoms. The predicted octanol–water partition coefficient (Wildman–Crippen LogP) is 2.03. The van der Waals surface area contributed by atoms with E-state index in [-0.39, 0.29) is 5.41 Å². The van der Waals surface area contributed by atoms with Gasteiger partial charge in [0.25, 0.3) is 0 Å².